The van der Waals surface area contributed by atoms with Crippen LogP contribution in [0.1, 0.15) is 23.7 Å². The third-order valence-corrected chi connectivity index (χ3v) is 5.37. The Bertz CT molecular complexity index is 1290. The third kappa shape index (κ3) is 4.06. The van der Waals surface area contributed by atoms with Crippen molar-refractivity contribution in [3.05, 3.63) is 53.1 Å². The summed E-state index contributed by atoms with van der Waals surface area (Å²) in [6, 6.07) is 12.7. The number of methoxy groups -OCH3 is 1. The van der Waals surface area contributed by atoms with E-state index in [0.717, 1.165) is 0 Å². The lowest BCUT2D eigenvalue weighted by molar-refractivity contribution is 0.0946. The first-order valence-electron chi connectivity index (χ1n) is 10.3. The molecule has 2 aromatic carbocycles. The van der Waals surface area contributed by atoms with Crippen LogP contribution in [0.25, 0.3) is 27.9 Å². The number of carbonyl (C=O) groups excluding carboxylic acids is 1. The average molecular weight is 454 g/mol. The first-order valence-corrected chi connectivity index (χ1v) is 10.7. The molecule has 0 aliphatic carbocycles. The van der Waals surface area contributed by atoms with Crippen molar-refractivity contribution in [1.82, 2.24) is 19.9 Å². The van der Waals surface area contributed by atoms with Crippen molar-refractivity contribution in [2.75, 3.05) is 32.6 Å². The fourth-order valence-electron chi connectivity index (χ4n) is 3.55. The largest absolute Gasteiger partial charge is 0.495 e. The highest BCUT2D eigenvalue weighted by atomic mass is 35.5. The Morgan fingerprint density at radius 1 is 1.19 bits per heavy atom. The Morgan fingerprint density at radius 3 is 2.62 bits per heavy atom. The van der Waals surface area contributed by atoms with Crippen molar-refractivity contribution in [3.63, 3.8) is 0 Å². The number of fused-ring (bicyclic) bond motifs is 2. The average Bonchev–Trinajstić information content (AvgIpc) is 3.07. The lowest BCUT2D eigenvalue weighted by Crippen LogP contribution is -2.26. The molecule has 166 valence electrons. The van der Waals surface area contributed by atoms with Crippen molar-refractivity contribution in [3.8, 4) is 11.4 Å². The van der Waals surface area contributed by atoms with Crippen molar-refractivity contribution in [2.45, 2.75) is 13.3 Å². The van der Waals surface area contributed by atoms with Gasteiger partial charge in [-0.05, 0) is 43.7 Å². The van der Waals surface area contributed by atoms with E-state index in [9.17, 15) is 4.79 Å². The minimum atomic E-state index is -0.313. The van der Waals surface area contributed by atoms with Gasteiger partial charge in [0.25, 0.3) is 5.91 Å². The second kappa shape index (κ2) is 9.42. The number of para-hydroxylation sites is 2. The first kappa shape index (κ1) is 21.9. The summed E-state index contributed by atoms with van der Waals surface area (Å²) in [5.41, 5.74) is 9.71. The van der Waals surface area contributed by atoms with Crippen LogP contribution in [0.4, 0.5) is 5.82 Å². The van der Waals surface area contributed by atoms with E-state index in [1.54, 1.807) is 29.9 Å². The molecule has 3 N–H and O–H groups in total. The molecule has 0 atom stereocenters. The molecule has 0 bridgehead atoms. The van der Waals surface area contributed by atoms with Gasteiger partial charge in [0.2, 0.25) is 0 Å². The standard InChI is InChI=1S/C23H24ClN5O3/c1-3-32-12-6-11-26-23(30)19-20-22(28-17-8-5-4-7-16(17)27-20)29(21(19)25)14-9-10-18(31-2)15(24)13-14/h4-5,7-10,13H,3,6,11-12,25H2,1-2H3,(H,26,30). The second-order valence-corrected chi connectivity index (χ2v) is 7.51. The van der Waals surface area contributed by atoms with Crippen molar-refractivity contribution >= 4 is 45.5 Å². The van der Waals surface area contributed by atoms with Gasteiger partial charge >= 0.3 is 0 Å². The van der Waals surface area contributed by atoms with Gasteiger partial charge in [-0.3, -0.25) is 9.36 Å². The van der Waals surface area contributed by atoms with E-state index < -0.39 is 0 Å². The molecule has 1 amide bonds. The number of amides is 1. The zero-order valence-electron chi connectivity index (χ0n) is 17.9. The van der Waals surface area contributed by atoms with Gasteiger partial charge in [0.05, 0.1) is 28.9 Å². The van der Waals surface area contributed by atoms with E-state index in [-0.39, 0.29) is 17.3 Å². The molecule has 0 saturated heterocycles. The smallest absolute Gasteiger partial charge is 0.257 e. The van der Waals surface area contributed by atoms with Gasteiger partial charge in [0.15, 0.2) is 5.65 Å². The molecular weight excluding hydrogens is 430 g/mol. The summed E-state index contributed by atoms with van der Waals surface area (Å²) in [6.07, 6.45) is 0.695. The van der Waals surface area contributed by atoms with Crippen LogP contribution in [-0.4, -0.2) is 47.3 Å². The molecule has 32 heavy (non-hydrogen) atoms. The van der Waals surface area contributed by atoms with Crippen LogP contribution in [0.2, 0.25) is 5.02 Å². The van der Waals surface area contributed by atoms with Gasteiger partial charge in [0.1, 0.15) is 22.6 Å². The maximum Gasteiger partial charge on any atom is 0.257 e. The zero-order valence-corrected chi connectivity index (χ0v) is 18.6. The van der Waals surface area contributed by atoms with Crippen LogP contribution >= 0.6 is 11.6 Å². The number of nitrogen functional groups attached to an aromatic ring is 1. The minimum absolute atomic E-state index is 0.235. The van der Waals surface area contributed by atoms with Crippen LogP contribution < -0.4 is 15.8 Å². The summed E-state index contributed by atoms with van der Waals surface area (Å²) >= 11 is 6.35. The maximum atomic E-state index is 13.1. The molecule has 0 aliphatic rings. The Morgan fingerprint density at radius 2 is 1.94 bits per heavy atom. The van der Waals surface area contributed by atoms with E-state index in [4.69, 9.17) is 36.8 Å². The normalized spacial score (nSPS) is 11.2. The summed E-state index contributed by atoms with van der Waals surface area (Å²) in [5, 5.41) is 3.33. The molecule has 8 nitrogen and oxygen atoms in total. The summed E-state index contributed by atoms with van der Waals surface area (Å²) in [7, 11) is 1.55. The van der Waals surface area contributed by atoms with Crippen LogP contribution in [0, 0.1) is 0 Å². The van der Waals surface area contributed by atoms with E-state index in [2.05, 4.69) is 5.32 Å². The van der Waals surface area contributed by atoms with E-state index >= 15 is 0 Å². The van der Waals surface area contributed by atoms with Gasteiger partial charge < -0.3 is 20.5 Å². The Hall–Kier alpha value is -3.36. The second-order valence-electron chi connectivity index (χ2n) is 7.11. The Labute approximate surface area is 190 Å². The molecule has 0 saturated carbocycles. The number of ether oxygens (including phenoxy) is 2. The van der Waals surface area contributed by atoms with E-state index in [0.29, 0.717) is 64.8 Å². The Kier molecular flexibility index (Phi) is 6.43. The number of nitrogens with zero attached hydrogens (tertiary/aromatic N) is 3. The monoisotopic (exact) mass is 453 g/mol. The number of nitrogens with one attached hydrogen (secondary N) is 1. The van der Waals surface area contributed by atoms with Gasteiger partial charge in [-0.2, -0.15) is 0 Å². The zero-order chi connectivity index (χ0) is 22.7. The number of benzene rings is 2. The SMILES string of the molecule is CCOCCCNC(=O)c1c(N)n(-c2ccc(OC)c(Cl)c2)c2nc3ccccc3nc12. The van der Waals surface area contributed by atoms with E-state index in [1.165, 1.54) is 0 Å². The molecule has 0 radical (unpaired) electrons. The number of hydrogen-bond acceptors (Lipinski definition) is 6. The summed E-state index contributed by atoms with van der Waals surface area (Å²) < 4.78 is 12.3. The lowest BCUT2D eigenvalue weighted by atomic mass is 10.2. The van der Waals surface area contributed by atoms with Gasteiger partial charge in [0, 0.05) is 19.8 Å². The lowest BCUT2D eigenvalue weighted by Gasteiger charge is -2.10. The van der Waals surface area contributed by atoms with Crippen LogP contribution in [0.5, 0.6) is 5.75 Å². The minimum Gasteiger partial charge on any atom is -0.495 e. The van der Waals surface area contributed by atoms with Gasteiger partial charge in [-0.1, -0.05) is 23.7 Å². The molecule has 0 fully saturated rings. The van der Waals surface area contributed by atoms with Gasteiger partial charge in [-0.15, -0.1) is 0 Å². The maximum absolute atomic E-state index is 13.1. The molecule has 0 aliphatic heterocycles. The summed E-state index contributed by atoms with van der Waals surface area (Å²) in [5.74, 6) is 0.458. The van der Waals surface area contributed by atoms with Crippen LogP contribution in [-0.2, 0) is 4.74 Å². The predicted octanol–water partition coefficient (Wildman–Crippen LogP) is 3.97. The van der Waals surface area contributed by atoms with Crippen LogP contribution in [0.15, 0.2) is 42.5 Å². The highest BCUT2D eigenvalue weighted by molar-refractivity contribution is 6.32. The molecule has 2 aromatic heterocycles. The number of rotatable bonds is 8. The van der Waals surface area contributed by atoms with E-state index in [1.807, 2.05) is 31.2 Å². The summed E-state index contributed by atoms with van der Waals surface area (Å²) in [6.45, 7) is 3.60. The third-order valence-electron chi connectivity index (χ3n) is 5.07. The van der Waals surface area contributed by atoms with Crippen molar-refractivity contribution < 1.29 is 14.3 Å². The number of anilines is 1. The fraction of sp³-hybridized carbons (Fsp3) is 0.261. The number of halogens is 1. The number of nitrogens with two attached hydrogens (primary N) is 1. The molecule has 0 unspecified atom stereocenters. The highest BCUT2D eigenvalue weighted by Crippen LogP contribution is 2.34. The van der Waals surface area contributed by atoms with Crippen LogP contribution in [0.3, 0.4) is 0 Å². The summed E-state index contributed by atoms with van der Waals surface area (Å²) in [4.78, 5) is 22.6. The van der Waals surface area contributed by atoms with Crippen molar-refractivity contribution in [1.29, 1.82) is 0 Å². The predicted molar refractivity (Wildman–Crippen MR) is 126 cm³/mol. The fourth-order valence-corrected chi connectivity index (χ4v) is 3.80. The van der Waals surface area contributed by atoms with Gasteiger partial charge in [-0.25, -0.2) is 9.97 Å². The first-order chi connectivity index (χ1) is 15.5. The topological polar surface area (TPSA) is 104 Å². The molecule has 4 rings (SSSR count). The molecule has 4 aromatic rings. The Balaban J connectivity index is 1.84. The number of carbonyl (C=O) groups is 1. The molecular formula is C23H24ClN5O3. The molecule has 2 heterocycles. The number of hydrogen-bond donors (Lipinski definition) is 2. The number of aromatic nitrogens is 3. The molecule has 9 heteroatoms. The molecule has 0 spiro atoms. The highest BCUT2D eigenvalue weighted by Gasteiger charge is 2.25. The quantitative estimate of drug-likeness (QED) is 0.391. The van der Waals surface area contributed by atoms with Crippen molar-refractivity contribution in [2.24, 2.45) is 0 Å².